The van der Waals surface area contributed by atoms with Crippen LogP contribution in [0.15, 0.2) is 9.41 Å². The maximum atomic E-state index is 5.57. The van der Waals surface area contributed by atoms with Gasteiger partial charge in [0.2, 0.25) is 5.89 Å². The van der Waals surface area contributed by atoms with Crippen LogP contribution in [0.1, 0.15) is 43.5 Å². The molecule has 1 aromatic rings. The number of rotatable bonds is 5. The number of aromatic nitrogens is 1. The first-order valence-electron chi connectivity index (χ1n) is 8.25. The summed E-state index contributed by atoms with van der Waals surface area (Å²) in [5.41, 5.74) is 0.945. The number of likely N-dealkylation sites (N-methyl/N-ethyl adjacent to an activating group) is 1. The van der Waals surface area contributed by atoms with E-state index in [1.165, 1.54) is 25.8 Å². The molecule has 0 amide bonds. The first-order valence-corrected chi connectivity index (χ1v) is 8.25. The van der Waals surface area contributed by atoms with Crippen LogP contribution < -0.4 is 10.6 Å². The van der Waals surface area contributed by atoms with E-state index in [1.54, 1.807) is 7.05 Å². The predicted molar refractivity (Wildman–Crippen MR) is 104 cm³/mol. The molecule has 1 atom stereocenters. The standard InChI is InChI=1S/C16H29N5O.HI/c1-5-21-9-7-6-8-14(21)10-18-16(17-4)19-11-15-20-12(2)13(3)22-15;/h14H,5-11H2,1-4H3,(H2,17,18,19);1H. The molecule has 0 aromatic carbocycles. The Bertz CT molecular complexity index is 483. The Morgan fingerprint density at radius 1 is 1.35 bits per heavy atom. The zero-order chi connectivity index (χ0) is 15.9. The van der Waals surface area contributed by atoms with Crippen molar-refractivity contribution >= 4 is 29.9 Å². The maximum absolute atomic E-state index is 5.57. The lowest BCUT2D eigenvalue weighted by Gasteiger charge is -2.35. The molecule has 2 heterocycles. The third-order valence-corrected chi connectivity index (χ3v) is 4.36. The van der Waals surface area contributed by atoms with Crippen molar-refractivity contribution in [3.05, 3.63) is 17.3 Å². The number of halogens is 1. The molecule has 0 aliphatic carbocycles. The highest BCUT2D eigenvalue weighted by atomic mass is 127. The smallest absolute Gasteiger partial charge is 0.214 e. The molecule has 0 saturated carbocycles. The van der Waals surface area contributed by atoms with Gasteiger partial charge in [0.25, 0.3) is 0 Å². The number of hydrogen-bond donors (Lipinski definition) is 2. The Labute approximate surface area is 156 Å². The van der Waals surface area contributed by atoms with Gasteiger partial charge in [0.15, 0.2) is 5.96 Å². The van der Waals surface area contributed by atoms with E-state index in [0.29, 0.717) is 18.5 Å². The highest BCUT2D eigenvalue weighted by Gasteiger charge is 2.20. The van der Waals surface area contributed by atoms with E-state index >= 15 is 0 Å². The molecule has 1 aromatic heterocycles. The Morgan fingerprint density at radius 2 is 2.13 bits per heavy atom. The van der Waals surface area contributed by atoms with Crippen molar-refractivity contribution in [1.82, 2.24) is 20.5 Å². The van der Waals surface area contributed by atoms with Crippen LogP contribution in [-0.2, 0) is 6.54 Å². The van der Waals surface area contributed by atoms with E-state index in [2.05, 4.69) is 32.4 Å². The lowest BCUT2D eigenvalue weighted by Crippen LogP contribution is -2.48. The Balaban J connectivity index is 0.00000264. The molecule has 132 valence electrons. The normalized spacial score (nSPS) is 19.3. The lowest BCUT2D eigenvalue weighted by molar-refractivity contribution is 0.157. The van der Waals surface area contributed by atoms with Gasteiger partial charge in [0, 0.05) is 19.6 Å². The molecule has 1 aliphatic rings. The first-order chi connectivity index (χ1) is 10.6. The van der Waals surface area contributed by atoms with Crippen molar-refractivity contribution in [1.29, 1.82) is 0 Å². The molecular formula is C16H30IN5O. The van der Waals surface area contributed by atoms with Gasteiger partial charge in [0.05, 0.1) is 12.2 Å². The molecular weight excluding hydrogens is 405 g/mol. The minimum absolute atomic E-state index is 0. The number of aryl methyl sites for hydroxylation is 2. The summed E-state index contributed by atoms with van der Waals surface area (Å²) in [7, 11) is 1.79. The molecule has 1 saturated heterocycles. The van der Waals surface area contributed by atoms with Crippen LogP contribution in [-0.4, -0.2) is 48.6 Å². The average molecular weight is 435 g/mol. The molecule has 7 heteroatoms. The largest absolute Gasteiger partial charge is 0.444 e. The Kier molecular flexibility index (Phi) is 8.90. The van der Waals surface area contributed by atoms with Crippen molar-refractivity contribution in [3.63, 3.8) is 0 Å². The van der Waals surface area contributed by atoms with Gasteiger partial charge in [-0.15, -0.1) is 24.0 Å². The molecule has 23 heavy (non-hydrogen) atoms. The maximum Gasteiger partial charge on any atom is 0.214 e. The number of nitrogens with one attached hydrogen (secondary N) is 2. The summed E-state index contributed by atoms with van der Waals surface area (Å²) >= 11 is 0. The highest BCUT2D eigenvalue weighted by Crippen LogP contribution is 2.15. The van der Waals surface area contributed by atoms with Gasteiger partial charge in [-0.1, -0.05) is 13.3 Å². The molecule has 0 bridgehead atoms. The number of hydrogen-bond acceptors (Lipinski definition) is 4. The molecule has 1 fully saturated rings. The first kappa shape index (κ1) is 20.2. The van der Waals surface area contributed by atoms with Crippen molar-refractivity contribution in [2.45, 2.75) is 52.6 Å². The van der Waals surface area contributed by atoms with Crippen LogP contribution in [0.4, 0.5) is 0 Å². The molecule has 0 spiro atoms. The minimum Gasteiger partial charge on any atom is -0.444 e. The van der Waals surface area contributed by atoms with Gasteiger partial charge < -0.3 is 15.1 Å². The van der Waals surface area contributed by atoms with Gasteiger partial charge in [-0.2, -0.15) is 0 Å². The summed E-state index contributed by atoms with van der Waals surface area (Å²) in [5, 5.41) is 6.69. The number of oxazole rings is 1. The molecule has 2 rings (SSSR count). The van der Waals surface area contributed by atoms with Crippen molar-refractivity contribution in [3.8, 4) is 0 Å². The number of guanidine groups is 1. The molecule has 1 aliphatic heterocycles. The van der Waals surface area contributed by atoms with Crippen LogP contribution in [0.2, 0.25) is 0 Å². The summed E-state index contributed by atoms with van der Waals surface area (Å²) in [5.74, 6) is 2.38. The quantitative estimate of drug-likeness (QED) is 0.423. The van der Waals surface area contributed by atoms with E-state index in [4.69, 9.17) is 4.42 Å². The predicted octanol–water partition coefficient (Wildman–Crippen LogP) is 2.45. The molecule has 0 radical (unpaired) electrons. The monoisotopic (exact) mass is 435 g/mol. The van der Waals surface area contributed by atoms with Crippen LogP contribution in [0, 0.1) is 13.8 Å². The number of aliphatic imine (C=N–C) groups is 1. The van der Waals surface area contributed by atoms with Crippen molar-refractivity contribution in [2.75, 3.05) is 26.7 Å². The van der Waals surface area contributed by atoms with Gasteiger partial charge in [-0.3, -0.25) is 9.89 Å². The zero-order valence-corrected chi connectivity index (χ0v) is 17.0. The van der Waals surface area contributed by atoms with E-state index in [-0.39, 0.29) is 24.0 Å². The van der Waals surface area contributed by atoms with Gasteiger partial charge in [-0.25, -0.2) is 4.98 Å². The lowest BCUT2D eigenvalue weighted by atomic mass is 10.0. The third-order valence-electron chi connectivity index (χ3n) is 4.36. The van der Waals surface area contributed by atoms with Gasteiger partial charge in [-0.05, 0) is 39.8 Å². The van der Waals surface area contributed by atoms with E-state index in [9.17, 15) is 0 Å². The third kappa shape index (κ3) is 5.95. The zero-order valence-electron chi connectivity index (χ0n) is 14.7. The van der Waals surface area contributed by atoms with Crippen molar-refractivity contribution in [2.24, 2.45) is 4.99 Å². The van der Waals surface area contributed by atoms with Gasteiger partial charge in [0.1, 0.15) is 5.76 Å². The van der Waals surface area contributed by atoms with Crippen LogP contribution in [0.25, 0.3) is 0 Å². The van der Waals surface area contributed by atoms with Gasteiger partial charge >= 0.3 is 0 Å². The van der Waals surface area contributed by atoms with Crippen LogP contribution in [0.3, 0.4) is 0 Å². The fourth-order valence-electron chi connectivity index (χ4n) is 2.92. The fourth-order valence-corrected chi connectivity index (χ4v) is 2.92. The molecule has 2 N–H and O–H groups in total. The number of nitrogens with zero attached hydrogens (tertiary/aromatic N) is 3. The second kappa shape index (κ2) is 10.1. The number of likely N-dealkylation sites (tertiary alicyclic amines) is 1. The summed E-state index contributed by atoms with van der Waals surface area (Å²) in [6.07, 6.45) is 3.90. The van der Waals surface area contributed by atoms with Crippen LogP contribution >= 0.6 is 24.0 Å². The molecule has 1 unspecified atom stereocenters. The number of piperidine rings is 1. The summed E-state index contributed by atoms with van der Waals surface area (Å²) in [4.78, 5) is 11.2. The summed E-state index contributed by atoms with van der Waals surface area (Å²) < 4.78 is 5.57. The second-order valence-corrected chi connectivity index (χ2v) is 5.83. The van der Waals surface area contributed by atoms with Crippen LogP contribution in [0.5, 0.6) is 0 Å². The Morgan fingerprint density at radius 3 is 2.74 bits per heavy atom. The topological polar surface area (TPSA) is 65.7 Å². The Hall–Kier alpha value is -0.830. The van der Waals surface area contributed by atoms with Crippen molar-refractivity contribution < 1.29 is 4.42 Å². The second-order valence-electron chi connectivity index (χ2n) is 5.83. The average Bonchev–Trinajstić information content (AvgIpc) is 2.86. The molecule has 6 nitrogen and oxygen atoms in total. The summed E-state index contributed by atoms with van der Waals surface area (Å²) in [6.45, 7) is 9.93. The van der Waals surface area contributed by atoms with E-state index in [0.717, 1.165) is 30.5 Å². The van der Waals surface area contributed by atoms with E-state index in [1.807, 2.05) is 13.8 Å². The summed E-state index contributed by atoms with van der Waals surface area (Å²) in [6, 6.07) is 0.600. The van der Waals surface area contributed by atoms with E-state index < -0.39 is 0 Å². The fraction of sp³-hybridized carbons (Fsp3) is 0.750. The minimum atomic E-state index is 0. The SMILES string of the molecule is CCN1CCCCC1CNC(=NC)NCc1nc(C)c(C)o1.I. The highest BCUT2D eigenvalue weighted by molar-refractivity contribution is 14.0.